The highest BCUT2D eigenvalue weighted by molar-refractivity contribution is 5.97. The Bertz CT molecular complexity index is 1460. The lowest BCUT2D eigenvalue weighted by atomic mass is 10.0. The number of aryl methyl sites for hydroxylation is 2. The number of amides is 2. The molecule has 0 spiro atoms. The van der Waals surface area contributed by atoms with Gasteiger partial charge in [0.25, 0.3) is 11.8 Å². The third kappa shape index (κ3) is 4.73. The summed E-state index contributed by atoms with van der Waals surface area (Å²) in [5, 5.41) is 19.7. The summed E-state index contributed by atoms with van der Waals surface area (Å²) in [6.45, 7) is 1.81. The van der Waals surface area contributed by atoms with Gasteiger partial charge in [0.1, 0.15) is 17.2 Å². The number of nitrogens with two attached hydrogens (primary N) is 1. The molecule has 1 aliphatic rings. The van der Waals surface area contributed by atoms with Crippen LogP contribution in [0, 0.1) is 12.7 Å². The number of nitrogens with zero attached hydrogens (tertiary/aromatic N) is 5. The summed E-state index contributed by atoms with van der Waals surface area (Å²) in [4.78, 5) is 33.6. The van der Waals surface area contributed by atoms with E-state index in [1.165, 1.54) is 12.1 Å². The summed E-state index contributed by atoms with van der Waals surface area (Å²) in [5.41, 5.74) is 9.85. The Balaban J connectivity index is 1.27. The van der Waals surface area contributed by atoms with Crippen LogP contribution in [0.5, 0.6) is 0 Å². The average molecular weight is 487 g/mol. The fourth-order valence-corrected chi connectivity index (χ4v) is 4.21. The van der Waals surface area contributed by atoms with Crippen molar-refractivity contribution < 1.29 is 14.0 Å². The molecular formula is C24H22FN9O2. The zero-order valence-electron chi connectivity index (χ0n) is 19.2. The molecule has 5 N–H and O–H groups in total. The zero-order valence-corrected chi connectivity index (χ0v) is 19.2. The number of hydrogen-bond acceptors (Lipinski definition) is 8. The van der Waals surface area contributed by atoms with Gasteiger partial charge in [0, 0.05) is 18.2 Å². The van der Waals surface area contributed by atoms with Gasteiger partial charge in [-0.25, -0.2) is 14.4 Å². The van der Waals surface area contributed by atoms with E-state index < -0.39 is 11.8 Å². The quantitative estimate of drug-likeness (QED) is 0.321. The third-order valence-electron chi connectivity index (χ3n) is 6.01. The number of fused-ring (bicyclic) bond motifs is 1. The minimum absolute atomic E-state index is 0.0119. The van der Waals surface area contributed by atoms with Crippen LogP contribution in [0.15, 0.2) is 42.5 Å². The smallest absolute Gasteiger partial charge is 0.270 e. The van der Waals surface area contributed by atoms with Crippen LogP contribution in [-0.4, -0.2) is 42.4 Å². The molecule has 4 aromatic rings. The molecular weight excluding hydrogens is 465 g/mol. The summed E-state index contributed by atoms with van der Waals surface area (Å²) in [5.74, 6) is -1.00. The number of anilines is 1. The van der Waals surface area contributed by atoms with Crippen molar-refractivity contribution in [2.24, 2.45) is 0 Å². The van der Waals surface area contributed by atoms with Gasteiger partial charge in [0.05, 0.1) is 6.04 Å². The minimum atomic E-state index is -0.527. The largest absolute Gasteiger partial charge is 0.368 e. The number of carbonyl (C=O) groups is 2. The maximum absolute atomic E-state index is 13.5. The van der Waals surface area contributed by atoms with E-state index in [9.17, 15) is 14.0 Å². The van der Waals surface area contributed by atoms with Gasteiger partial charge in [0.15, 0.2) is 0 Å². The maximum atomic E-state index is 13.5. The van der Waals surface area contributed by atoms with Crippen molar-refractivity contribution >= 4 is 17.8 Å². The van der Waals surface area contributed by atoms with Crippen LogP contribution in [0.3, 0.4) is 0 Å². The molecule has 0 saturated heterocycles. The van der Waals surface area contributed by atoms with Crippen molar-refractivity contribution in [2.75, 3.05) is 5.73 Å². The Kier molecular flexibility index (Phi) is 6.07. The van der Waals surface area contributed by atoms with Crippen molar-refractivity contribution in [1.82, 2.24) is 41.2 Å². The first-order valence-electron chi connectivity index (χ1n) is 11.2. The molecule has 1 atom stereocenters. The van der Waals surface area contributed by atoms with Gasteiger partial charge in [0.2, 0.25) is 11.8 Å². The Hall–Kier alpha value is -4.74. The second kappa shape index (κ2) is 9.49. The highest BCUT2D eigenvalue weighted by Crippen LogP contribution is 2.33. The molecule has 2 aromatic carbocycles. The highest BCUT2D eigenvalue weighted by atomic mass is 19.1. The first kappa shape index (κ1) is 23.0. The number of tetrazole rings is 1. The lowest BCUT2D eigenvalue weighted by molar-refractivity contribution is 0.0931. The fourth-order valence-electron chi connectivity index (χ4n) is 4.21. The molecule has 0 aliphatic heterocycles. The number of benzene rings is 2. The number of nitrogen functional groups attached to an aromatic ring is 1. The van der Waals surface area contributed by atoms with Crippen LogP contribution in [0.1, 0.15) is 55.7 Å². The zero-order chi connectivity index (χ0) is 25.2. The predicted molar refractivity (Wildman–Crippen MR) is 127 cm³/mol. The number of rotatable bonds is 6. The van der Waals surface area contributed by atoms with Crippen LogP contribution >= 0.6 is 0 Å². The van der Waals surface area contributed by atoms with Crippen LogP contribution in [0.4, 0.5) is 10.3 Å². The molecule has 0 unspecified atom stereocenters. The summed E-state index contributed by atoms with van der Waals surface area (Å²) in [6.07, 6.45) is 1.48. The molecule has 0 radical (unpaired) electrons. The van der Waals surface area contributed by atoms with E-state index in [1.807, 2.05) is 18.2 Å². The summed E-state index contributed by atoms with van der Waals surface area (Å²) < 4.78 is 13.5. The van der Waals surface area contributed by atoms with Gasteiger partial charge in [-0.3, -0.25) is 9.59 Å². The van der Waals surface area contributed by atoms with Gasteiger partial charge in [-0.05, 0) is 59.4 Å². The van der Waals surface area contributed by atoms with E-state index >= 15 is 0 Å². The molecule has 0 fully saturated rings. The average Bonchev–Trinajstić information content (AvgIpc) is 3.54. The Morgan fingerprint density at radius 3 is 2.67 bits per heavy atom. The first-order valence-corrected chi connectivity index (χ1v) is 11.2. The topological polar surface area (TPSA) is 164 Å². The fraction of sp³-hybridized carbons (Fsp3) is 0.208. The second-order valence-electron chi connectivity index (χ2n) is 8.48. The monoisotopic (exact) mass is 487 g/mol. The summed E-state index contributed by atoms with van der Waals surface area (Å²) in [7, 11) is 0. The number of H-pyrrole nitrogens is 1. The molecule has 0 saturated carbocycles. The van der Waals surface area contributed by atoms with Crippen LogP contribution in [0.25, 0.3) is 11.4 Å². The van der Waals surface area contributed by atoms with E-state index in [0.717, 1.165) is 28.7 Å². The molecule has 2 heterocycles. The normalized spacial score (nSPS) is 14.3. The van der Waals surface area contributed by atoms with Gasteiger partial charge in [-0.15, -0.1) is 10.2 Å². The Morgan fingerprint density at radius 1 is 1.11 bits per heavy atom. The van der Waals surface area contributed by atoms with Crippen LogP contribution < -0.4 is 16.4 Å². The summed E-state index contributed by atoms with van der Waals surface area (Å²) in [6, 6.07) is 11.4. The van der Waals surface area contributed by atoms with E-state index in [1.54, 1.807) is 19.1 Å². The van der Waals surface area contributed by atoms with Crippen molar-refractivity contribution in [1.29, 1.82) is 0 Å². The number of aromatic nitrogens is 6. The number of nitrogens with one attached hydrogen (secondary N) is 3. The lowest BCUT2D eigenvalue weighted by Gasteiger charge is -2.14. The standard InChI is InChI=1S/C24H22FN9O2/c1-12-8-13(2-6-17(12)25)11-27-22(35)19-10-20(30-24(26)29-19)23(36)28-18-7-4-14-9-15(3-5-16(14)18)21-31-33-34-32-21/h2-3,5-6,8-10,18H,4,7,11H2,1H3,(H,27,35)(H,28,36)(H2,26,29,30)(H,31,32,33,34)/t18-/m0/s1. The molecule has 12 heteroatoms. The molecule has 36 heavy (non-hydrogen) atoms. The number of aromatic amines is 1. The third-order valence-corrected chi connectivity index (χ3v) is 6.01. The second-order valence-corrected chi connectivity index (χ2v) is 8.48. The van der Waals surface area contributed by atoms with E-state index in [4.69, 9.17) is 5.73 Å². The van der Waals surface area contributed by atoms with Crippen LogP contribution in [-0.2, 0) is 13.0 Å². The molecule has 1 aliphatic carbocycles. The number of halogens is 1. The minimum Gasteiger partial charge on any atom is -0.368 e. The van der Waals surface area contributed by atoms with Gasteiger partial charge >= 0.3 is 0 Å². The number of carbonyl (C=O) groups excluding carboxylic acids is 2. The molecule has 2 amide bonds. The Labute approximate surface area is 204 Å². The number of hydrogen-bond donors (Lipinski definition) is 4. The van der Waals surface area contributed by atoms with Gasteiger partial charge in [-0.1, -0.05) is 24.3 Å². The van der Waals surface area contributed by atoms with Crippen molar-refractivity contribution in [2.45, 2.75) is 32.4 Å². The molecule has 0 bridgehead atoms. The van der Waals surface area contributed by atoms with Crippen molar-refractivity contribution in [3.63, 3.8) is 0 Å². The van der Waals surface area contributed by atoms with Crippen LogP contribution in [0.2, 0.25) is 0 Å². The summed E-state index contributed by atoms with van der Waals surface area (Å²) >= 11 is 0. The predicted octanol–water partition coefficient (Wildman–Crippen LogP) is 2.03. The SMILES string of the molecule is Cc1cc(CNC(=O)c2cc(C(=O)N[C@H]3CCc4cc(-c5nn[nH]n5)ccc43)nc(N)n2)ccc1F. The maximum Gasteiger partial charge on any atom is 0.270 e. The Morgan fingerprint density at radius 2 is 1.92 bits per heavy atom. The van der Waals surface area contributed by atoms with Gasteiger partial charge in [-0.2, -0.15) is 5.21 Å². The van der Waals surface area contributed by atoms with E-state index in [0.29, 0.717) is 17.8 Å². The van der Waals surface area contributed by atoms with Crippen molar-refractivity contribution in [3.8, 4) is 11.4 Å². The van der Waals surface area contributed by atoms with E-state index in [2.05, 4.69) is 41.2 Å². The van der Waals surface area contributed by atoms with Crippen molar-refractivity contribution in [3.05, 3.63) is 81.9 Å². The molecule has 5 rings (SSSR count). The molecule has 182 valence electrons. The lowest BCUT2D eigenvalue weighted by Crippen LogP contribution is -2.30. The van der Waals surface area contributed by atoms with E-state index in [-0.39, 0.29) is 35.7 Å². The molecule has 2 aromatic heterocycles. The van der Waals surface area contributed by atoms with Gasteiger partial charge < -0.3 is 16.4 Å². The highest BCUT2D eigenvalue weighted by Gasteiger charge is 2.26. The first-order chi connectivity index (χ1) is 17.4. The molecule has 11 nitrogen and oxygen atoms in total.